The molecule has 0 atom stereocenters. The smallest absolute Gasteiger partial charge is 0.368 e. The lowest BCUT2D eigenvalue weighted by molar-refractivity contribution is -0.137. The van der Waals surface area contributed by atoms with Gasteiger partial charge in [0.15, 0.2) is 5.96 Å². The van der Waals surface area contributed by atoms with Crippen molar-refractivity contribution in [3.63, 3.8) is 0 Å². The van der Waals surface area contributed by atoms with Gasteiger partial charge in [-0.2, -0.15) is 13.2 Å². The van der Waals surface area contributed by atoms with Crippen LogP contribution in [0.2, 0.25) is 0 Å². The molecule has 0 unspecified atom stereocenters. The first kappa shape index (κ1) is 21.5. The number of halogens is 3. The van der Waals surface area contributed by atoms with Gasteiger partial charge in [-0.05, 0) is 35.9 Å². The number of carbonyl (C=O) groups is 1. The molecule has 0 radical (unpaired) electrons. The summed E-state index contributed by atoms with van der Waals surface area (Å²) in [6, 6.07) is 12.4. The number of anilines is 1. The van der Waals surface area contributed by atoms with Crippen molar-refractivity contribution in [1.82, 2.24) is 10.2 Å². The normalized spacial score (nSPS) is 15.3. The van der Waals surface area contributed by atoms with Crippen molar-refractivity contribution in [3.05, 3.63) is 65.2 Å². The zero-order valence-corrected chi connectivity index (χ0v) is 16.6. The molecule has 0 bridgehead atoms. The molecule has 1 aliphatic heterocycles. The average Bonchev–Trinajstić information content (AvgIpc) is 2.74. The van der Waals surface area contributed by atoms with Gasteiger partial charge >= 0.3 is 6.18 Å². The minimum absolute atomic E-state index is 0.453. The van der Waals surface area contributed by atoms with Crippen molar-refractivity contribution in [2.75, 3.05) is 38.1 Å². The molecule has 9 heteroatoms. The Labute approximate surface area is 173 Å². The van der Waals surface area contributed by atoms with Crippen molar-refractivity contribution in [3.8, 4) is 0 Å². The summed E-state index contributed by atoms with van der Waals surface area (Å²) in [5, 5.41) is 3.28. The number of aliphatic imine (C=N–C) groups is 1. The standard InChI is InChI=1S/C21H24F3N5O/c1-26-20(27-14-15-5-7-16(8-6-15)19(25)30)29-11-9-28(10-12-29)18-4-2-3-17(13-18)21(22,23)24/h2-8,13H,9-12,14H2,1H3,(H2,25,30)(H,26,27). The molecule has 1 aliphatic rings. The number of hydrogen-bond acceptors (Lipinski definition) is 3. The summed E-state index contributed by atoms with van der Waals surface area (Å²) < 4.78 is 38.9. The van der Waals surface area contributed by atoms with E-state index in [9.17, 15) is 18.0 Å². The number of nitrogens with two attached hydrogens (primary N) is 1. The molecular weight excluding hydrogens is 395 g/mol. The van der Waals surface area contributed by atoms with Gasteiger partial charge in [0.2, 0.25) is 5.91 Å². The molecule has 1 fully saturated rings. The Bertz CT molecular complexity index is 904. The summed E-state index contributed by atoms with van der Waals surface area (Å²) >= 11 is 0. The van der Waals surface area contributed by atoms with Crippen LogP contribution in [0.1, 0.15) is 21.5 Å². The number of alkyl halides is 3. The number of nitrogens with one attached hydrogen (secondary N) is 1. The van der Waals surface area contributed by atoms with Crippen LogP contribution in [0.15, 0.2) is 53.5 Å². The molecule has 0 saturated carbocycles. The molecule has 1 heterocycles. The van der Waals surface area contributed by atoms with Gasteiger partial charge in [-0.3, -0.25) is 9.79 Å². The number of primary amides is 1. The van der Waals surface area contributed by atoms with Gasteiger partial charge in [0, 0.05) is 51.0 Å². The summed E-state index contributed by atoms with van der Waals surface area (Å²) in [4.78, 5) is 19.5. The summed E-state index contributed by atoms with van der Waals surface area (Å²) in [6.07, 6.45) is -4.35. The number of piperazine rings is 1. The van der Waals surface area contributed by atoms with Gasteiger partial charge < -0.3 is 20.9 Å². The van der Waals surface area contributed by atoms with E-state index in [1.807, 2.05) is 17.0 Å². The van der Waals surface area contributed by atoms with E-state index in [1.54, 1.807) is 25.2 Å². The zero-order valence-electron chi connectivity index (χ0n) is 16.6. The maximum absolute atomic E-state index is 13.0. The first-order chi connectivity index (χ1) is 14.3. The zero-order chi connectivity index (χ0) is 21.7. The van der Waals surface area contributed by atoms with Crippen LogP contribution in [0.5, 0.6) is 0 Å². The number of carbonyl (C=O) groups excluding carboxylic acids is 1. The van der Waals surface area contributed by atoms with Crippen LogP contribution in [0.4, 0.5) is 18.9 Å². The van der Waals surface area contributed by atoms with E-state index in [2.05, 4.69) is 15.2 Å². The quantitative estimate of drug-likeness (QED) is 0.590. The molecule has 0 aromatic heterocycles. The van der Waals surface area contributed by atoms with Crippen molar-refractivity contribution >= 4 is 17.6 Å². The van der Waals surface area contributed by atoms with Gasteiger partial charge in [-0.1, -0.05) is 18.2 Å². The fourth-order valence-corrected chi connectivity index (χ4v) is 3.36. The van der Waals surface area contributed by atoms with Crippen LogP contribution in [-0.2, 0) is 12.7 Å². The molecule has 1 amide bonds. The van der Waals surface area contributed by atoms with Crippen molar-refractivity contribution in [2.24, 2.45) is 10.7 Å². The molecule has 2 aromatic carbocycles. The van der Waals surface area contributed by atoms with E-state index >= 15 is 0 Å². The van der Waals surface area contributed by atoms with Crippen LogP contribution >= 0.6 is 0 Å². The summed E-state index contributed by atoms with van der Waals surface area (Å²) in [5.41, 5.74) is 6.61. The van der Waals surface area contributed by atoms with Crippen LogP contribution in [0.3, 0.4) is 0 Å². The van der Waals surface area contributed by atoms with Crippen LogP contribution in [0.25, 0.3) is 0 Å². The first-order valence-corrected chi connectivity index (χ1v) is 9.54. The summed E-state index contributed by atoms with van der Waals surface area (Å²) in [7, 11) is 1.69. The Balaban J connectivity index is 1.56. The monoisotopic (exact) mass is 419 g/mol. The second-order valence-corrected chi connectivity index (χ2v) is 6.98. The minimum Gasteiger partial charge on any atom is -0.368 e. The fourth-order valence-electron chi connectivity index (χ4n) is 3.36. The second-order valence-electron chi connectivity index (χ2n) is 6.98. The average molecular weight is 419 g/mol. The molecule has 6 nitrogen and oxygen atoms in total. The highest BCUT2D eigenvalue weighted by atomic mass is 19.4. The second kappa shape index (κ2) is 9.06. The van der Waals surface area contributed by atoms with Crippen LogP contribution in [-0.4, -0.2) is 50.0 Å². The molecule has 0 spiro atoms. The van der Waals surface area contributed by atoms with Gasteiger partial charge in [0.25, 0.3) is 0 Å². The lowest BCUT2D eigenvalue weighted by atomic mass is 10.1. The lowest BCUT2D eigenvalue weighted by Gasteiger charge is -2.37. The maximum Gasteiger partial charge on any atom is 0.416 e. The largest absolute Gasteiger partial charge is 0.416 e. The van der Waals surface area contributed by atoms with E-state index in [0.717, 1.165) is 17.6 Å². The Morgan fingerprint density at radius 1 is 1.10 bits per heavy atom. The molecule has 3 rings (SSSR count). The number of nitrogens with zero attached hydrogens (tertiary/aromatic N) is 3. The van der Waals surface area contributed by atoms with Crippen molar-refractivity contribution in [2.45, 2.75) is 12.7 Å². The van der Waals surface area contributed by atoms with Gasteiger partial charge in [0.1, 0.15) is 0 Å². The maximum atomic E-state index is 13.0. The molecule has 30 heavy (non-hydrogen) atoms. The highest BCUT2D eigenvalue weighted by Gasteiger charge is 2.31. The van der Waals surface area contributed by atoms with E-state index in [4.69, 9.17) is 5.73 Å². The highest BCUT2D eigenvalue weighted by molar-refractivity contribution is 5.92. The summed E-state index contributed by atoms with van der Waals surface area (Å²) in [6.45, 7) is 2.98. The van der Waals surface area contributed by atoms with E-state index in [-0.39, 0.29) is 0 Å². The third kappa shape index (κ3) is 5.22. The highest BCUT2D eigenvalue weighted by Crippen LogP contribution is 2.31. The van der Waals surface area contributed by atoms with E-state index in [0.29, 0.717) is 44.0 Å². The molecule has 0 aliphatic carbocycles. The minimum atomic E-state index is -4.35. The number of hydrogen-bond donors (Lipinski definition) is 2. The summed E-state index contributed by atoms with van der Waals surface area (Å²) in [5.74, 6) is 0.252. The molecule has 1 saturated heterocycles. The third-order valence-corrected chi connectivity index (χ3v) is 5.02. The number of guanidine groups is 1. The number of benzene rings is 2. The number of amides is 1. The van der Waals surface area contributed by atoms with E-state index in [1.165, 1.54) is 12.1 Å². The molecule has 160 valence electrons. The molecule has 3 N–H and O–H groups in total. The number of rotatable bonds is 4. The molecule has 2 aromatic rings. The SMILES string of the molecule is CN=C(NCc1ccc(C(N)=O)cc1)N1CCN(c2cccc(C(F)(F)F)c2)CC1. The Kier molecular flexibility index (Phi) is 6.49. The van der Waals surface area contributed by atoms with Crippen molar-refractivity contribution < 1.29 is 18.0 Å². The Morgan fingerprint density at radius 2 is 1.77 bits per heavy atom. The first-order valence-electron chi connectivity index (χ1n) is 9.54. The third-order valence-electron chi connectivity index (χ3n) is 5.02. The van der Waals surface area contributed by atoms with Crippen LogP contribution in [0, 0.1) is 0 Å². The van der Waals surface area contributed by atoms with Gasteiger partial charge in [0.05, 0.1) is 5.56 Å². The predicted octanol–water partition coefficient (Wildman–Crippen LogP) is 2.70. The van der Waals surface area contributed by atoms with Gasteiger partial charge in [-0.15, -0.1) is 0 Å². The lowest BCUT2D eigenvalue weighted by Crippen LogP contribution is -2.52. The van der Waals surface area contributed by atoms with Crippen LogP contribution < -0.4 is 16.0 Å². The molecular formula is C21H24F3N5O. The topological polar surface area (TPSA) is 74.0 Å². The van der Waals surface area contributed by atoms with Crippen molar-refractivity contribution in [1.29, 1.82) is 0 Å². The fraction of sp³-hybridized carbons (Fsp3) is 0.333. The van der Waals surface area contributed by atoms with E-state index < -0.39 is 17.6 Å². The van der Waals surface area contributed by atoms with Gasteiger partial charge in [-0.25, -0.2) is 0 Å². The Hall–Kier alpha value is -3.23. The predicted molar refractivity (Wildman–Crippen MR) is 110 cm³/mol. The Morgan fingerprint density at radius 3 is 2.33 bits per heavy atom.